The van der Waals surface area contributed by atoms with Crippen molar-refractivity contribution in [1.29, 1.82) is 0 Å². The number of aliphatic hydroxyl groups is 1. The molecular formula is C18H20N4O3. The van der Waals surface area contributed by atoms with Crippen LogP contribution < -0.4 is 0 Å². The van der Waals surface area contributed by atoms with Gasteiger partial charge in [0.2, 0.25) is 0 Å². The van der Waals surface area contributed by atoms with Crippen LogP contribution in [0.3, 0.4) is 0 Å². The number of hydrogen-bond acceptors (Lipinski definition) is 5. The fraction of sp³-hybridized carbons (Fsp3) is 0.278. The summed E-state index contributed by atoms with van der Waals surface area (Å²) < 4.78 is 1.40. The molecule has 0 aliphatic heterocycles. The third kappa shape index (κ3) is 4.20. The molecule has 7 heteroatoms. The number of nitrogens with zero attached hydrogens (tertiary/aromatic N) is 4. The lowest BCUT2D eigenvalue weighted by Crippen LogP contribution is -2.32. The molecule has 3 aromatic rings. The number of benzene rings is 2. The number of fused-ring (bicyclic) bond motifs is 1. The van der Waals surface area contributed by atoms with Crippen molar-refractivity contribution < 1.29 is 10.0 Å². The van der Waals surface area contributed by atoms with E-state index < -0.39 is 11.0 Å². The van der Waals surface area contributed by atoms with Crippen molar-refractivity contribution in [1.82, 2.24) is 14.7 Å². The maximum Gasteiger partial charge on any atom is 0.306 e. The van der Waals surface area contributed by atoms with Crippen molar-refractivity contribution in [2.24, 2.45) is 0 Å². The standard InChI is InChI=1S/C18H20N4O3/c1-20(10-15-7-4-6-14-5-2-3-8-18(14)15)12-17(23)13-21-11-16(9-19-21)22(24)25/h2-9,11,17,23H,10,12-13H2,1H3/t17-/m0/s1. The van der Waals surface area contributed by atoms with E-state index in [1.807, 2.05) is 30.1 Å². The molecule has 3 rings (SSSR count). The normalized spacial score (nSPS) is 12.6. The summed E-state index contributed by atoms with van der Waals surface area (Å²) >= 11 is 0. The Balaban J connectivity index is 1.61. The summed E-state index contributed by atoms with van der Waals surface area (Å²) in [6, 6.07) is 14.4. The highest BCUT2D eigenvalue weighted by atomic mass is 16.6. The van der Waals surface area contributed by atoms with E-state index in [2.05, 4.69) is 29.4 Å². The molecule has 0 saturated carbocycles. The Morgan fingerprint density at radius 3 is 2.80 bits per heavy atom. The van der Waals surface area contributed by atoms with Crippen LogP contribution >= 0.6 is 0 Å². The molecule has 0 amide bonds. The highest BCUT2D eigenvalue weighted by Crippen LogP contribution is 2.19. The number of likely N-dealkylation sites (N-methyl/N-ethyl adjacent to an activating group) is 1. The highest BCUT2D eigenvalue weighted by Gasteiger charge is 2.14. The van der Waals surface area contributed by atoms with Gasteiger partial charge >= 0.3 is 5.69 Å². The van der Waals surface area contributed by atoms with Gasteiger partial charge in [0, 0.05) is 13.1 Å². The summed E-state index contributed by atoms with van der Waals surface area (Å²) in [5.74, 6) is 0. The third-order valence-electron chi connectivity index (χ3n) is 4.07. The molecule has 0 spiro atoms. The lowest BCUT2D eigenvalue weighted by atomic mass is 10.0. The van der Waals surface area contributed by atoms with Crippen molar-refractivity contribution in [3.05, 3.63) is 70.5 Å². The average Bonchev–Trinajstić information content (AvgIpc) is 3.03. The largest absolute Gasteiger partial charge is 0.390 e. The van der Waals surface area contributed by atoms with Crippen LogP contribution in [0.25, 0.3) is 10.8 Å². The maximum absolute atomic E-state index is 10.7. The number of hydrogen-bond donors (Lipinski definition) is 1. The van der Waals surface area contributed by atoms with Crippen LogP contribution in [-0.2, 0) is 13.1 Å². The van der Waals surface area contributed by atoms with E-state index in [1.165, 1.54) is 33.4 Å². The van der Waals surface area contributed by atoms with Crippen LogP contribution in [0.5, 0.6) is 0 Å². The summed E-state index contributed by atoms with van der Waals surface area (Å²) in [7, 11) is 1.94. The van der Waals surface area contributed by atoms with Crippen LogP contribution in [0.2, 0.25) is 0 Å². The lowest BCUT2D eigenvalue weighted by Gasteiger charge is -2.21. The van der Waals surface area contributed by atoms with Gasteiger partial charge in [0.1, 0.15) is 12.4 Å². The average molecular weight is 340 g/mol. The smallest absolute Gasteiger partial charge is 0.306 e. The summed E-state index contributed by atoms with van der Waals surface area (Å²) in [6.45, 7) is 1.36. The Kier molecular flexibility index (Phi) is 5.06. The molecule has 0 bridgehead atoms. The second-order valence-corrected chi connectivity index (χ2v) is 6.17. The van der Waals surface area contributed by atoms with E-state index in [4.69, 9.17) is 0 Å². The van der Waals surface area contributed by atoms with Gasteiger partial charge in [0.25, 0.3) is 0 Å². The molecule has 0 aliphatic rings. The Labute approximate surface area is 145 Å². The minimum atomic E-state index is -0.667. The zero-order valence-corrected chi connectivity index (χ0v) is 13.9. The molecule has 25 heavy (non-hydrogen) atoms. The lowest BCUT2D eigenvalue weighted by molar-refractivity contribution is -0.385. The zero-order chi connectivity index (χ0) is 17.8. The minimum absolute atomic E-state index is 0.0729. The van der Waals surface area contributed by atoms with Crippen molar-refractivity contribution in [2.75, 3.05) is 13.6 Å². The van der Waals surface area contributed by atoms with Gasteiger partial charge in [0.05, 0.1) is 17.6 Å². The zero-order valence-electron chi connectivity index (χ0n) is 13.9. The number of aromatic nitrogens is 2. The fourth-order valence-electron chi connectivity index (χ4n) is 2.97. The quantitative estimate of drug-likeness (QED) is 0.527. The molecular weight excluding hydrogens is 320 g/mol. The predicted molar refractivity (Wildman–Crippen MR) is 95.2 cm³/mol. The Hall–Kier alpha value is -2.77. The molecule has 1 aromatic heterocycles. The van der Waals surface area contributed by atoms with Gasteiger partial charge in [-0.25, -0.2) is 0 Å². The highest BCUT2D eigenvalue weighted by molar-refractivity contribution is 5.85. The molecule has 7 nitrogen and oxygen atoms in total. The molecule has 130 valence electrons. The molecule has 0 aliphatic carbocycles. The van der Waals surface area contributed by atoms with E-state index >= 15 is 0 Å². The predicted octanol–water partition coefficient (Wildman–Crippen LogP) is 2.44. The van der Waals surface area contributed by atoms with Crippen molar-refractivity contribution in [3.8, 4) is 0 Å². The van der Waals surface area contributed by atoms with Crippen LogP contribution in [0.15, 0.2) is 54.9 Å². The number of aliphatic hydroxyl groups excluding tert-OH is 1. The second kappa shape index (κ2) is 7.42. The molecule has 2 aromatic carbocycles. The molecule has 0 fully saturated rings. The molecule has 1 atom stereocenters. The second-order valence-electron chi connectivity index (χ2n) is 6.17. The van der Waals surface area contributed by atoms with Gasteiger partial charge < -0.3 is 5.11 Å². The first kappa shape index (κ1) is 17.1. The summed E-state index contributed by atoms with van der Waals surface area (Å²) in [4.78, 5) is 12.2. The molecule has 0 unspecified atom stereocenters. The maximum atomic E-state index is 10.7. The summed E-state index contributed by atoms with van der Waals surface area (Å²) in [6.07, 6.45) is 1.85. The van der Waals surface area contributed by atoms with Gasteiger partial charge in [-0.2, -0.15) is 5.10 Å². The summed E-state index contributed by atoms with van der Waals surface area (Å²) in [5.41, 5.74) is 1.12. The van der Waals surface area contributed by atoms with Crippen molar-refractivity contribution in [3.63, 3.8) is 0 Å². The minimum Gasteiger partial charge on any atom is -0.390 e. The van der Waals surface area contributed by atoms with E-state index in [9.17, 15) is 15.2 Å². The Morgan fingerprint density at radius 1 is 1.28 bits per heavy atom. The SMILES string of the molecule is CN(Cc1cccc2ccccc12)C[C@H](O)Cn1cc([N+](=O)[O-])cn1. The van der Waals surface area contributed by atoms with Crippen LogP contribution in [0, 0.1) is 10.1 Å². The van der Waals surface area contributed by atoms with Crippen LogP contribution in [-0.4, -0.2) is 44.4 Å². The van der Waals surface area contributed by atoms with E-state index in [0.717, 1.165) is 0 Å². The van der Waals surface area contributed by atoms with Gasteiger partial charge in [-0.1, -0.05) is 42.5 Å². The van der Waals surface area contributed by atoms with E-state index in [1.54, 1.807) is 0 Å². The molecule has 0 saturated heterocycles. The Bertz CT molecular complexity index is 872. The monoisotopic (exact) mass is 340 g/mol. The Morgan fingerprint density at radius 2 is 2.04 bits per heavy atom. The first-order valence-electron chi connectivity index (χ1n) is 8.03. The van der Waals surface area contributed by atoms with Gasteiger partial charge in [-0.15, -0.1) is 0 Å². The molecule has 1 N–H and O–H groups in total. The topological polar surface area (TPSA) is 84.4 Å². The first-order valence-corrected chi connectivity index (χ1v) is 8.03. The summed E-state index contributed by atoms with van der Waals surface area (Å²) in [5, 5.41) is 27.2. The van der Waals surface area contributed by atoms with Gasteiger partial charge in [0.15, 0.2) is 0 Å². The molecule has 0 radical (unpaired) electrons. The molecule has 1 heterocycles. The fourth-order valence-corrected chi connectivity index (χ4v) is 2.97. The first-order chi connectivity index (χ1) is 12.0. The van der Waals surface area contributed by atoms with E-state index in [-0.39, 0.29) is 12.2 Å². The number of nitro groups is 1. The van der Waals surface area contributed by atoms with Gasteiger partial charge in [-0.05, 0) is 23.4 Å². The van der Waals surface area contributed by atoms with Gasteiger partial charge in [-0.3, -0.25) is 19.7 Å². The van der Waals surface area contributed by atoms with Crippen LogP contribution in [0.1, 0.15) is 5.56 Å². The van der Waals surface area contributed by atoms with Crippen molar-refractivity contribution in [2.45, 2.75) is 19.2 Å². The third-order valence-corrected chi connectivity index (χ3v) is 4.07. The number of rotatable bonds is 7. The van der Waals surface area contributed by atoms with Crippen LogP contribution in [0.4, 0.5) is 5.69 Å². The van der Waals surface area contributed by atoms with Crippen molar-refractivity contribution >= 4 is 16.5 Å². The van der Waals surface area contributed by atoms with E-state index in [0.29, 0.717) is 13.1 Å².